The fourth-order valence-corrected chi connectivity index (χ4v) is 7.10. The minimum absolute atomic E-state index is 0.0634. The van der Waals surface area contributed by atoms with Crippen molar-refractivity contribution in [2.45, 2.75) is 19.3 Å². The lowest BCUT2D eigenvalue weighted by Crippen LogP contribution is -2.15. The number of hydrogen-bond donors (Lipinski definition) is 0. The molecule has 3 heterocycles. The number of aromatic nitrogens is 2. The minimum atomic E-state index is -0.0634. The maximum absolute atomic E-state index is 6.38. The molecule has 3 heteroatoms. The average molecular weight is 501 g/mol. The maximum atomic E-state index is 6.38. The van der Waals surface area contributed by atoms with Crippen LogP contribution in [0.1, 0.15) is 25.0 Å². The van der Waals surface area contributed by atoms with E-state index in [4.69, 9.17) is 4.74 Å². The molecule has 184 valence electrons. The zero-order valence-electron chi connectivity index (χ0n) is 21.7. The van der Waals surface area contributed by atoms with Crippen molar-refractivity contribution in [3.05, 3.63) is 121 Å². The van der Waals surface area contributed by atoms with Gasteiger partial charge in [-0.25, -0.2) is 0 Å². The summed E-state index contributed by atoms with van der Waals surface area (Å²) in [6.07, 6.45) is 3.91. The molecule has 39 heavy (non-hydrogen) atoms. The molecule has 2 aliphatic rings. The fraction of sp³-hybridized carbons (Fsp3) is 0.0833. The van der Waals surface area contributed by atoms with Gasteiger partial charge in [-0.15, -0.1) is 0 Å². The molecule has 0 saturated heterocycles. The Morgan fingerprint density at radius 1 is 0.615 bits per heavy atom. The first-order valence-electron chi connectivity index (χ1n) is 13.5. The SMILES string of the molecule is CC1(C)c2ccccc2-c2ccc(-n3c4ccncc4c4c5cccc6c5c(cc43)-c3ccccc3O6)cc21. The van der Waals surface area contributed by atoms with Gasteiger partial charge in [0, 0.05) is 45.2 Å². The zero-order valence-corrected chi connectivity index (χ0v) is 21.7. The quantitative estimate of drug-likeness (QED) is 0.224. The van der Waals surface area contributed by atoms with E-state index >= 15 is 0 Å². The van der Waals surface area contributed by atoms with Crippen molar-refractivity contribution in [3.63, 3.8) is 0 Å². The Bertz CT molecular complexity index is 2180. The molecule has 1 aliphatic heterocycles. The molecular weight excluding hydrogens is 476 g/mol. The summed E-state index contributed by atoms with van der Waals surface area (Å²) in [6, 6.07) is 35.0. The second-order valence-electron chi connectivity index (χ2n) is 11.2. The van der Waals surface area contributed by atoms with E-state index < -0.39 is 0 Å². The second kappa shape index (κ2) is 7.15. The standard InChI is InChI=1S/C36H24N2O/c1-36(2)28-11-5-3-8-22(28)23-15-14-21(18-29(23)36)38-30-16-17-37-20-27(30)34-25-10-7-13-33-35(25)26(19-31(34)38)24-9-4-6-12-32(24)39-33/h3-20H,1-2H3. The molecule has 0 radical (unpaired) electrons. The number of pyridine rings is 1. The van der Waals surface area contributed by atoms with Crippen LogP contribution in [0, 0.1) is 0 Å². The molecule has 2 aromatic heterocycles. The molecule has 1 aliphatic carbocycles. The average Bonchev–Trinajstić information content (AvgIpc) is 3.42. The van der Waals surface area contributed by atoms with Gasteiger partial charge in [0.15, 0.2) is 0 Å². The fourth-order valence-electron chi connectivity index (χ4n) is 7.10. The number of ether oxygens (including phenoxy) is 1. The van der Waals surface area contributed by atoms with E-state index in [1.165, 1.54) is 49.8 Å². The summed E-state index contributed by atoms with van der Waals surface area (Å²) in [7, 11) is 0. The smallest absolute Gasteiger partial charge is 0.135 e. The molecule has 0 amide bonds. The number of rotatable bonds is 1. The van der Waals surface area contributed by atoms with Crippen molar-refractivity contribution in [3.8, 4) is 39.4 Å². The topological polar surface area (TPSA) is 27.1 Å². The zero-order chi connectivity index (χ0) is 25.9. The van der Waals surface area contributed by atoms with Crippen LogP contribution >= 0.6 is 0 Å². The Hall–Kier alpha value is -4.89. The molecule has 3 nitrogen and oxygen atoms in total. The van der Waals surface area contributed by atoms with Crippen molar-refractivity contribution in [1.82, 2.24) is 9.55 Å². The molecule has 9 rings (SSSR count). The normalized spacial score (nSPS) is 14.3. The van der Waals surface area contributed by atoms with Gasteiger partial charge < -0.3 is 9.30 Å². The second-order valence-corrected chi connectivity index (χ2v) is 11.2. The van der Waals surface area contributed by atoms with Gasteiger partial charge in [0.1, 0.15) is 11.5 Å². The van der Waals surface area contributed by atoms with Crippen LogP contribution in [0.2, 0.25) is 0 Å². The summed E-state index contributed by atoms with van der Waals surface area (Å²) < 4.78 is 8.81. The highest BCUT2D eigenvalue weighted by molar-refractivity contribution is 6.25. The van der Waals surface area contributed by atoms with Crippen molar-refractivity contribution in [2.75, 3.05) is 0 Å². The van der Waals surface area contributed by atoms with E-state index in [0.29, 0.717) is 0 Å². The Labute approximate surface area is 225 Å². The Morgan fingerprint density at radius 2 is 1.41 bits per heavy atom. The van der Waals surface area contributed by atoms with Crippen LogP contribution < -0.4 is 4.74 Å². The van der Waals surface area contributed by atoms with Crippen LogP contribution in [0.4, 0.5) is 0 Å². The van der Waals surface area contributed by atoms with Crippen molar-refractivity contribution < 1.29 is 4.74 Å². The molecule has 0 bridgehead atoms. The third-order valence-electron chi connectivity index (χ3n) is 8.87. The van der Waals surface area contributed by atoms with Gasteiger partial charge in [0.25, 0.3) is 0 Å². The molecular formula is C36H24N2O. The molecule has 5 aromatic carbocycles. The van der Waals surface area contributed by atoms with Crippen molar-refractivity contribution in [1.29, 1.82) is 0 Å². The summed E-state index contributed by atoms with van der Waals surface area (Å²) in [5, 5.41) is 4.72. The van der Waals surface area contributed by atoms with E-state index in [-0.39, 0.29) is 5.41 Å². The molecule has 0 unspecified atom stereocenters. The van der Waals surface area contributed by atoms with Gasteiger partial charge in [-0.1, -0.05) is 74.5 Å². The summed E-state index contributed by atoms with van der Waals surface area (Å²) in [5.74, 6) is 1.81. The third kappa shape index (κ3) is 2.60. The largest absolute Gasteiger partial charge is 0.456 e. The highest BCUT2D eigenvalue weighted by Crippen LogP contribution is 2.52. The number of hydrogen-bond acceptors (Lipinski definition) is 2. The van der Waals surface area contributed by atoms with E-state index in [0.717, 1.165) is 33.4 Å². The van der Waals surface area contributed by atoms with Gasteiger partial charge in [0.2, 0.25) is 0 Å². The lowest BCUT2D eigenvalue weighted by molar-refractivity contribution is 0.487. The van der Waals surface area contributed by atoms with Crippen LogP contribution in [0.5, 0.6) is 11.5 Å². The highest BCUT2D eigenvalue weighted by Gasteiger charge is 2.35. The van der Waals surface area contributed by atoms with Crippen LogP contribution in [-0.4, -0.2) is 9.55 Å². The lowest BCUT2D eigenvalue weighted by Gasteiger charge is -2.23. The Kier molecular flexibility index (Phi) is 3.86. The number of benzene rings is 5. The van der Waals surface area contributed by atoms with E-state index in [9.17, 15) is 0 Å². The minimum Gasteiger partial charge on any atom is -0.456 e. The van der Waals surface area contributed by atoms with Crippen molar-refractivity contribution in [2.24, 2.45) is 0 Å². The molecule has 0 spiro atoms. The van der Waals surface area contributed by atoms with Crippen LogP contribution in [0.25, 0.3) is 60.5 Å². The third-order valence-corrected chi connectivity index (χ3v) is 8.87. The van der Waals surface area contributed by atoms with E-state index in [1.54, 1.807) is 0 Å². The predicted octanol–water partition coefficient (Wildman–Crippen LogP) is 9.41. The van der Waals surface area contributed by atoms with Gasteiger partial charge in [-0.2, -0.15) is 0 Å². The summed E-state index contributed by atoms with van der Waals surface area (Å²) in [5.41, 5.74) is 11.2. The first-order chi connectivity index (χ1) is 19.1. The summed E-state index contributed by atoms with van der Waals surface area (Å²) in [4.78, 5) is 4.56. The summed E-state index contributed by atoms with van der Waals surface area (Å²) >= 11 is 0. The van der Waals surface area contributed by atoms with E-state index in [1.807, 2.05) is 18.5 Å². The molecule has 7 aromatic rings. The van der Waals surface area contributed by atoms with E-state index in [2.05, 4.69) is 114 Å². The molecule has 0 atom stereocenters. The van der Waals surface area contributed by atoms with Crippen LogP contribution in [0.15, 0.2) is 109 Å². The first-order valence-corrected chi connectivity index (χ1v) is 13.5. The first kappa shape index (κ1) is 21.1. The highest BCUT2D eigenvalue weighted by atomic mass is 16.5. The number of nitrogens with zero attached hydrogens (tertiary/aromatic N) is 2. The molecule has 0 N–H and O–H groups in total. The summed E-state index contributed by atoms with van der Waals surface area (Å²) in [6.45, 7) is 4.68. The molecule has 0 fully saturated rings. The predicted molar refractivity (Wildman–Crippen MR) is 159 cm³/mol. The van der Waals surface area contributed by atoms with Gasteiger partial charge in [-0.3, -0.25) is 4.98 Å². The van der Waals surface area contributed by atoms with Crippen molar-refractivity contribution >= 4 is 32.6 Å². The Balaban J connectivity index is 1.42. The van der Waals surface area contributed by atoms with Crippen LogP contribution in [0.3, 0.4) is 0 Å². The lowest BCUT2D eigenvalue weighted by atomic mass is 9.82. The van der Waals surface area contributed by atoms with Gasteiger partial charge in [0.05, 0.1) is 11.0 Å². The van der Waals surface area contributed by atoms with Gasteiger partial charge in [-0.05, 0) is 69.6 Å². The maximum Gasteiger partial charge on any atom is 0.135 e. The van der Waals surface area contributed by atoms with Crippen LogP contribution in [-0.2, 0) is 5.41 Å². The van der Waals surface area contributed by atoms with Gasteiger partial charge >= 0.3 is 0 Å². The molecule has 0 saturated carbocycles. The monoisotopic (exact) mass is 500 g/mol. The Morgan fingerprint density at radius 3 is 2.33 bits per heavy atom. The number of para-hydroxylation sites is 1. The number of fused-ring (bicyclic) bond motifs is 9.